The number of hydrogen-bond donors (Lipinski definition) is 2. The molecule has 0 aliphatic heterocycles. The Balaban J connectivity index is 0.000000366. The molecule has 0 atom stereocenters. The number of phenolic OH excluding ortho intramolecular Hbond substituents is 2. The standard InChI is InChI=1S/C9H12O2.C4H8O2/c1-5-4-8(10)6(2)7(3)9(5)11;1-3-6-4(2)5/h4,10-11H,1-3H3;3H2,1-2H3. The zero-order chi connectivity index (χ0) is 13.6. The van der Waals surface area contributed by atoms with Crippen molar-refractivity contribution < 1.29 is 19.7 Å². The highest BCUT2D eigenvalue weighted by molar-refractivity contribution is 5.65. The normalized spacial score (nSPS) is 9.24. The lowest BCUT2D eigenvalue weighted by Crippen LogP contribution is -1.95. The minimum atomic E-state index is -0.211. The molecule has 0 heterocycles. The van der Waals surface area contributed by atoms with E-state index in [1.165, 1.54) is 6.92 Å². The Morgan fingerprint density at radius 1 is 1.24 bits per heavy atom. The van der Waals surface area contributed by atoms with Gasteiger partial charge < -0.3 is 14.9 Å². The third kappa shape index (κ3) is 4.76. The van der Waals surface area contributed by atoms with Crippen LogP contribution in [0, 0.1) is 20.8 Å². The molecule has 2 N–H and O–H groups in total. The summed E-state index contributed by atoms with van der Waals surface area (Å²) in [7, 11) is 0. The monoisotopic (exact) mass is 240 g/mol. The summed E-state index contributed by atoms with van der Waals surface area (Å²) in [5.74, 6) is 0.315. The molecule has 0 aromatic heterocycles. The average molecular weight is 240 g/mol. The Morgan fingerprint density at radius 2 is 1.76 bits per heavy atom. The number of carbonyl (C=O) groups excluding carboxylic acids is 1. The summed E-state index contributed by atoms with van der Waals surface area (Å²) >= 11 is 0. The van der Waals surface area contributed by atoms with Crippen molar-refractivity contribution in [1.29, 1.82) is 0 Å². The van der Waals surface area contributed by atoms with Crippen LogP contribution >= 0.6 is 0 Å². The molecule has 0 unspecified atom stereocenters. The first-order valence-corrected chi connectivity index (χ1v) is 5.43. The molecule has 0 aliphatic rings. The first kappa shape index (κ1) is 15.3. The van der Waals surface area contributed by atoms with Gasteiger partial charge in [0.1, 0.15) is 11.5 Å². The molecule has 0 amide bonds. The molecule has 17 heavy (non-hydrogen) atoms. The minimum Gasteiger partial charge on any atom is -0.508 e. The van der Waals surface area contributed by atoms with Crippen LogP contribution < -0.4 is 0 Å². The van der Waals surface area contributed by atoms with Gasteiger partial charge in [0, 0.05) is 6.92 Å². The summed E-state index contributed by atoms with van der Waals surface area (Å²) in [6.45, 7) is 8.99. The van der Waals surface area contributed by atoms with E-state index in [0.29, 0.717) is 12.2 Å². The molecule has 0 fully saturated rings. The van der Waals surface area contributed by atoms with Gasteiger partial charge in [0.2, 0.25) is 0 Å². The highest BCUT2D eigenvalue weighted by atomic mass is 16.5. The van der Waals surface area contributed by atoms with Crippen LogP contribution in [0.5, 0.6) is 11.5 Å². The number of ether oxygens (including phenoxy) is 1. The average Bonchev–Trinajstić information content (AvgIpc) is 2.24. The van der Waals surface area contributed by atoms with E-state index in [4.69, 9.17) is 0 Å². The van der Waals surface area contributed by atoms with E-state index >= 15 is 0 Å². The van der Waals surface area contributed by atoms with Crippen LogP contribution in [0.25, 0.3) is 0 Å². The van der Waals surface area contributed by atoms with Crippen LogP contribution in [0.2, 0.25) is 0 Å². The van der Waals surface area contributed by atoms with E-state index < -0.39 is 0 Å². The summed E-state index contributed by atoms with van der Waals surface area (Å²) in [5, 5.41) is 18.7. The predicted molar refractivity (Wildman–Crippen MR) is 66.3 cm³/mol. The van der Waals surface area contributed by atoms with Crippen LogP contribution in [0.4, 0.5) is 0 Å². The lowest BCUT2D eigenvalue weighted by Gasteiger charge is -2.07. The summed E-state index contributed by atoms with van der Waals surface area (Å²) in [5.41, 5.74) is 2.21. The molecule has 0 saturated heterocycles. The zero-order valence-electron chi connectivity index (χ0n) is 11.0. The van der Waals surface area contributed by atoms with Gasteiger partial charge in [-0.15, -0.1) is 0 Å². The second-order valence-electron chi connectivity index (χ2n) is 3.74. The van der Waals surface area contributed by atoms with Gasteiger partial charge in [0.25, 0.3) is 0 Å². The zero-order valence-corrected chi connectivity index (χ0v) is 11.0. The SMILES string of the molecule is CCOC(C)=O.Cc1cc(O)c(C)c(C)c1O. The number of hydrogen-bond acceptors (Lipinski definition) is 4. The van der Waals surface area contributed by atoms with Crippen molar-refractivity contribution in [1.82, 2.24) is 0 Å². The van der Waals surface area contributed by atoms with Gasteiger partial charge in [-0.3, -0.25) is 4.79 Å². The minimum absolute atomic E-state index is 0.211. The first-order valence-electron chi connectivity index (χ1n) is 5.43. The fourth-order valence-corrected chi connectivity index (χ4v) is 1.25. The van der Waals surface area contributed by atoms with Crippen LogP contribution in [0.15, 0.2) is 6.07 Å². The fourth-order valence-electron chi connectivity index (χ4n) is 1.25. The summed E-state index contributed by atoms with van der Waals surface area (Å²) in [6, 6.07) is 1.57. The van der Waals surface area contributed by atoms with Crippen LogP contribution in [0.1, 0.15) is 30.5 Å². The number of carbonyl (C=O) groups is 1. The molecule has 0 saturated carbocycles. The molecule has 0 aliphatic carbocycles. The van der Waals surface area contributed by atoms with E-state index in [9.17, 15) is 15.0 Å². The van der Waals surface area contributed by atoms with Gasteiger partial charge in [-0.25, -0.2) is 0 Å². The van der Waals surface area contributed by atoms with Gasteiger partial charge >= 0.3 is 5.97 Å². The third-order valence-electron chi connectivity index (χ3n) is 2.38. The van der Waals surface area contributed by atoms with Gasteiger partial charge in [0.05, 0.1) is 6.61 Å². The largest absolute Gasteiger partial charge is 0.508 e. The van der Waals surface area contributed by atoms with Gasteiger partial charge in [0.15, 0.2) is 0 Å². The molecule has 4 heteroatoms. The van der Waals surface area contributed by atoms with Crippen molar-refractivity contribution in [2.45, 2.75) is 34.6 Å². The maximum atomic E-state index is 9.82. The van der Waals surface area contributed by atoms with E-state index in [-0.39, 0.29) is 17.5 Å². The molecule has 1 aromatic carbocycles. The second-order valence-corrected chi connectivity index (χ2v) is 3.74. The number of aromatic hydroxyl groups is 2. The summed E-state index contributed by atoms with van der Waals surface area (Å²) in [6.07, 6.45) is 0. The van der Waals surface area contributed by atoms with E-state index in [0.717, 1.165) is 11.1 Å². The number of esters is 1. The number of rotatable bonds is 1. The van der Waals surface area contributed by atoms with Gasteiger partial charge in [-0.05, 0) is 50.5 Å². The molecule has 1 aromatic rings. The molecule has 96 valence electrons. The lowest BCUT2D eigenvalue weighted by molar-refractivity contribution is -0.140. The molecule has 0 radical (unpaired) electrons. The van der Waals surface area contributed by atoms with E-state index in [1.807, 2.05) is 0 Å². The summed E-state index contributed by atoms with van der Waals surface area (Å²) in [4.78, 5) is 9.82. The maximum Gasteiger partial charge on any atom is 0.302 e. The first-order chi connectivity index (χ1) is 7.81. The van der Waals surface area contributed by atoms with Crippen molar-refractivity contribution in [3.05, 3.63) is 22.8 Å². The Kier molecular flexibility index (Phi) is 6.10. The molecule has 0 bridgehead atoms. The van der Waals surface area contributed by atoms with Crippen LogP contribution in [-0.4, -0.2) is 22.8 Å². The van der Waals surface area contributed by atoms with Crippen molar-refractivity contribution in [3.8, 4) is 11.5 Å². The fraction of sp³-hybridized carbons (Fsp3) is 0.462. The van der Waals surface area contributed by atoms with Crippen LogP contribution in [0.3, 0.4) is 0 Å². The van der Waals surface area contributed by atoms with Crippen molar-refractivity contribution in [2.75, 3.05) is 6.61 Å². The Bertz CT molecular complexity index is 371. The van der Waals surface area contributed by atoms with Gasteiger partial charge in [-0.1, -0.05) is 0 Å². The van der Waals surface area contributed by atoms with Crippen molar-refractivity contribution in [2.24, 2.45) is 0 Å². The van der Waals surface area contributed by atoms with E-state index in [2.05, 4.69) is 4.74 Å². The maximum absolute atomic E-state index is 9.82. The number of phenols is 2. The third-order valence-corrected chi connectivity index (χ3v) is 2.38. The Morgan fingerprint density at radius 3 is 2.12 bits per heavy atom. The number of benzene rings is 1. The second kappa shape index (κ2) is 6.78. The highest BCUT2D eigenvalue weighted by Crippen LogP contribution is 2.30. The number of aryl methyl sites for hydroxylation is 1. The van der Waals surface area contributed by atoms with Crippen molar-refractivity contribution in [3.63, 3.8) is 0 Å². The predicted octanol–water partition coefficient (Wildman–Crippen LogP) is 2.59. The molecule has 1 rings (SSSR count). The molecule has 4 nitrogen and oxygen atoms in total. The topological polar surface area (TPSA) is 66.8 Å². The quantitative estimate of drug-likeness (QED) is 0.585. The molecular formula is C13H20O4. The van der Waals surface area contributed by atoms with Gasteiger partial charge in [-0.2, -0.15) is 0 Å². The smallest absolute Gasteiger partial charge is 0.302 e. The molecular weight excluding hydrogens is 220 g/mol. The Hall–Kier alpha value is -1.71. The summed E-state index contributed by atoms with van der Waals surface area (Å²) < 4.78 is 4.40. The highest BCUT2D eigenvalue weighted by Gasteiger charge is 2.06. The Labute approximate surface area is 102 Å². The van der Waals surface area contributed by atoms with Crippen LogP contribution in [-0.2, 0) is 9.53 Å². The van der Waals surface area contributed by atoms with E-state index in [1.54, 1.807) is 33.8 Å². The van der Waals surface area contributed by atoms with Crippen molar-refractivity contribution >= 4 is 5.97 Å². The molecule has 0 spiro atoms. The lowest BCUT2D eigenvalue weighted by atomic mass is 10.0.